The first kappa shape index (κ1) is 15.9. The Morgan fingerprint density at radius 2 is 2.19 bits per heavy atom. The number of rotatable bonds is 3. The summed E-state index contributed by atoms with van der Waals surface area (Å²) in [5.41, 5.74) is 5.83. The van der Waals surface area contributed by atoms with Gasteiger partial charge < -0.3 is 10.8 Å². The van der Waals surface area contributed by atoms with E-state index in [-0.39, 0.29) is 11.6 Å². The molecule has 0 spiro atoms. The van der Waals surface area contributed by atoms with Gasteiger partial charge in [0.2, 0.25) is 5.91 Å². The Morgan fingerprint density at radius 1 is 1.48 bits per heavy atom. The molecule has 1 aromatic rings. The molecule has 8 heteroatoms. The number of carbonyl (C=O) groups is 1. The van der Waals surface area contributed by atoms with Gasteiger partial charge in [0, 0.05) is 12.2 Å². The fraction of sp³-hybridized carbons (Fsp3) is 0.462. The third-order valence-corrected chi connectivity index (χ3v) is 5.13. The van der Waals surface area contributed by atoms with Gasteiger partial charge >= 0.3 is 0 Å². The largest absolute Gasteiger partial charge is 0.391 e. The molecular formula is C13H18N3O4S. The molecule has 1 aromatic heterocycles. The maximum atomic E-state index is 12.7. The lowest BCUT2D eigenvalue weighted by molar-refractivity contribution is -0.124. The van der Waals surface area contributed by atoms with Gasteiger partial charge in [-0.1, -0.05) is 6.07 Å². The van der Waals surface area contributed by atoms with Gasteiger partial charge in [0.15, 0.2) is 5.03 Å². The molecule has 0 saturated carbocycles. The third-order valence-electron chi connectivity index (χ3n) is 3.35. The molecule has 1 amide bonds. The highest BCUT2D eigenvalue weighted by Gasteiger charge is 2.41. The maximum Gasteiger partial charge on any atom is 0.261 e. The van der Waals surface area contributed by atoms with Crippen LogP contribution in [-0.4, -0.2) is 47.4 Å². The molecule has 115 valence electrons. The Kier molecular flexibility index (Phi) is 4.60. The fourth-order valence-corrected chi connectivity index (χ4v) is 3.98. The predicted molar refractivity (Wildman–Crippen MR) is 75.4 cm³/mol. The van der Waals surface area contributed by atoms with Crippen molar-refractivity contribution in [1.82, 2.24) is 9.29 Å². The smallest absolute Gasteiger partial charge is 0.261 e. The Labute approximate surface area is 123 Å². The number of aliphatic hydroxyl groups is 1. The number of sulfonamides is 1. The average molecular weight is 312 g/mol. The summed E-state index contributed by atoms with van der Waals surface area (Å²) < 4.78 is 26.3. The van der Waals surface area contributed by atoms with Crippen LogP contribution in [0.2, 0.25) is 0 Å². The first-order valence-corrected chi connectivity index (χ1v) is 8.04. The van der Waals surface area contributed by atoms with Crippen LogP contribution in [0.25, 0.3) is 0 Å². The summed E-state index contributed by atoms with van der Waals surface area (Å²) in [6, 6.07) is 3.31. The van der Waals surface area contributed by atoms with Crippen molar-refractivity contribution in [3.05, 3.63) is 30.3 Å². The Morgan fingerprint density at radius 3 is 2.81 bits per heavy atom. The molecule has 21 heavy (non-hydrogen) atoms. The summed E-state index contributed by atoms with van der Waals surface area (Å²) >= 11 is 0. The van der Waals surface area contributed by atoms with Crippen molar-refractivity contribution < 1.29 is 18.3 Å². The Hall–Kier alpha value is -1.51. The van der Waals surface area contributed by atoms with Gasteiger partial charge in [-0.05, 0) is 38.3 Å². The number of hydrogen-bond acceptors (Lipinski definition) is 5. The van der Waals surface area contributed by atoms with E-state index >= 15 is 0 Å². The fourth-order valence-electron chi connectivity index (χ4n) is 2.34. The van der Waals surface area contributed by atoms with Gasteiger partial charge in [-0.25, -0.2) is 13.4 Å². The zero-order valence-corrected chi connectivity index (χ0v) is 12.5. The first-order valence-electron chi connectivity index (χ1n) is 6.60. The maximum absolute atomic E-state index is 12.7. The van der Waals surface area contributed by atoms with E-state index in [1.165, 1.54) is 12.5 Å². The summed E-state index contributed by atoms with van der Waals surface area (Å²) in [7, 11) is -3.99. The summed E-state index contributed by atoms with van der Waals surface area (Å²) in [5, 5.41) is 9.82. The van der Waals surface area contributed by atoms with Crippen LogP contribution in [0.15, 0.2) is 23.2 Å². The second kappa shape index (κ2) is 6.08. The molecule has 0 aromatic carbocycles. The van der Waals surface area contributed by atoms with Crippen LogP contribution in [-0.2, 0) is 14.8 Å². The molecule has 2 unspecified atom stereocenters. The molecule has 0 bridgehead atoms. The van der Waals surface area contributed by atoms with Crippen LogP contribution < -0.4 is 5.73 Å². The quantitative estimate of drug-likeness (QED) is 0.788. The molecule has 1 aliphatic rings. The summed E-state index contributed by atoms with van der Waals surface area (Å²) in [5.74, 6) is -0.878. The molecule has 7 nitrogen and oxygen atoms in total. The second-order valence-electron chi connectivity index (χ2n) is 4.95. The van der Waals surface area contributed by atoms with E-state index in [0.29, 0.717) is 18.5 Å². The Bertz CT molecular complexity index is 632. The van der Waals surface area contributed by atoms with Crippen molar-refractivity contribution in [3.8, 4) is 0 Å². The minimum atomic E-state index is -3.99. The van der Waals surface area contributed by atoms with E-state index in [1.54, 1.807) is 19.1 Å². The lowest BCUT2D eigenvalue weighted by Gasteiger charge is -2.28. The minimum absolute atomic E-state index is 0.110. The number of primary amides is 1. The minimum Gasteiger partial charge on any atom is -0.391 e. The molecule has 3 N–H and O–H groups in total. The van der Waals surface area contributed by atoms with Gasteiger partial charge in [-0.3, -0.25) is 4.79 Å². The monoisotopic (exact) mass is 312 g/mol. The first-order chi connectivity index (χ1) is 9.84. The standard InChI is InChI=1S/C13H18N3O4S/c1-9-5-4-7-11(15-9)21(19,20)16-8-3-2-6-10(17)12(16)13(14)18/h4-7,10,12,17H,2-3,8H2,1H3,(H2,14,18). The van der Waals surface area contributed by atoms with Gasteiger partial charge in [-0.2, -0.15) is 4.31 Å². The van der Waals surface area contributed by atoms with E-state index < -0.39 is 28.1 Å². The van der Waals surface area contributed by atoms with Gasteiger partial charge in [0.1, 0.15) is 6.04 Å². The van der Waals surface area contributed by atoms with Crippen molar-refractivity contribution in [2.45, 2.75) is 36.9 Å². The number of aryl methyl sites for hydroxylation is 1. The molecular weight excluding hydrogens is 294 g/mol. The van der Waals surface area contributed by atoms with Crippen LogP contribution in [0, 0.1) is 13.3 Å². The van der Waals surface area contributed by atoms with Crippen molar-refractivity contribution in [1.29, 1.82) is 0 Å². The molecule has 2 atom stereocenters. The molecule has 1 saturated heterocycles. The van der Waals surface area contributed by atoms with Crippen molar-refractivity contribution in [2.24, 2.45) is 5.73 Å². The van der Waals surface area contributed by atoms with Gasteiger partial charge in [0.05, 0.1) is 6.10 Å². The van der Waals surface area contributed by atoms with Crippen LogP contribution in [0.4, 0.5) is 0 Å². The molecule has 1 aliphatic heterocycles. The van der Waals surface area contributed by atoms with Crippen molar-refractivity contribution in [3.63, 3.8) is 0 Å². The highest BCUT2D eigenvalue weighted by molar-refractivity contribution is 7.89. The zero-order valence-electron chi connectivity index (χ0n) is 11.6. The summed E-state index contributed by atoms with van der Waals surface area (Å²) in [6.45, 7) is 1.79. The highest BCUT2D eigenvalue weighted by atomic mass is 32.2. The van der Waals surface area contributed by atoms with Gasteiger partial charge in [0.25, 0.3) is 10.0 Å². The molecule has 1 fully saturated rings. The number of aliphatic hydroxyl groups excluding tert-OH is 1. The van der Waals surface area contributed by atoms with E-state index in [2.05, 4.69) is 4.98 Å². The lowest BCUT2D eigenvalue weighted by atomic mass is 10.1. The van der Waals surface area contributed by atoms with Crippen LogP contribution in [0.1, 0.15) is 18.5 Å². The predicted octanol–water partition coefficient (Wildman–Crippen LogP) is -0.406. The highest BCUT2D eigenvalue weighted by Crippen LogP contribution is 2.24. The van der Waals surface area contributed by atoms with Crippen molar-refractivity contribution >= 4 is 15.9 Å². The molecule has 0 aliphatic carbocycles. The number of hydrogen-bond donors (Lipinski definition) is 2. The van der Waals surface area contributed by atoms with E-state index in [9.17, 15) is 18.3 Å². The van der Waals surface area contributed by atoms with E-state index in [0.717, 1.165) is 4.31 Å². The molecule has 2 rings (SSSR count). The normalized spacial score (nSPS) is 24.5. The topological polar surface area (TPSA) is 114 Å². The summed E-state index contributed by atoms with van der Waals surface area (Å²) in [6.07, 6.45) is 1.31. The van der Waals surface area contributed by atoms with Crippen molar-refractivity contribution in [2.75, 3.05) is 6.54 Å². The number of carbonyl (C=O) groups excluding carboxylic acids is 1. The third kappa shape index (κ3) is 3.22. The lowest BCUT2D eigenvalue weighted by Crippen LogP contribution is -2.53. The Balaban J connectivity index is 2.47. The molecule has 2 heterocycles. The number of aromatic nitrogens is 1. The average Bonchev–Trinajstić information content (AvgIpc) is 2.60. The zero-order chi connectivity index (χ0) is 15.6. The summed E-state index contributed by atoms with van der Waals surface area (Å²) in [4.78, 5) is 15.6. The SMILES string of the molecule is Cc1cccc(S(=O)(=O)N2CCC[CH]C(O)C2C(N)=O)n1. The number of nitrogens with two attached hydrogens (primary N) is 1. The number of amides is 1. The van der Waals surface area contributed by atoms with Gasteiger partial charge in [-0.15, -0.1) is 0 Å². The number of nitrogens with zero attached hydrogens (tertiary/aromatic N) is 2. The van der Waals surface area contributed by atoms with Crippen LogP contribution >= 0.6 is 0 Å². The van der Waals surface area contributed by atoms with E-state index in [4.69, 9.17) is 5.73 Å². The van der Waals surface area contributed by atoms with E-state index in [1.807, 2.05) is 0 Å². The molecule has 1 radical (unpaired) electrons. The van der Waals surface area contributed by atoms with Crippen LogP contribution in [0.3, 0.4) is 0 Å². The second-order valence-corrected chi connectivity index (χ2v) is 6.79. The van der Waals surface area contributed by atoms with Crippen LogP contribution in [0.5, 0.6) is 0 Å². The number of pyridine rings is 1.